The molecule has 0 bridgehead atoms. The molecule has 9 nitrogen and oxygen atoms in total. The number of benzene rings is 3. The molecule has 3 fully saturated rings. The first kappa shape index (κ1) is 32.1. The van der Waals surface area contributed by atoms with Crippen LogP contribution in [-0.4, -0.2) is 63.6 Å². The average molecular weight is 674 g/mol. The van der Waals surface area contributed by atoms with Crippen LogP contribution >= 0.6 is 34.8 Å². The van der Waals surface area contributed by atoms with E-state index in [0.29, 0.717) is 43.7 Å². The first-order valence-corrected chi connectivity index (χ1v) is 16.1. The van der Waals surface area contributed by atoms with Gasteiger partial charge in [-0.3, -0.25) is 9.59 Å². The van der Waals surface area contributed by atoms with Crippen LogP contribution in [-0.2, 0) is 25.7 Å². The second-order valence-corrected chi connectivity index (χ2v) is 14.0. The van der Waals surface area contributed by atoms with Crippen molar-refractivity contribution in [1.29, 1.82) is 0 Å². The minimum atomic E-state index is -2.10. The van der Waals surface area contributed by atoms with E-state index in [-0.39, 0.29) is 24.7 Å². The fourth-order valence-electron chi connectivity index (χ4n) is 6.42. The quantitative estimate of drug-likeness (QED) is 0.286. The van der Waals surface area contributed by atoms with E-state index in [1.807, 2.05) is 48.5 Å². The fourth-order valence-corrected chi connectivity index (χ4v) is 6.57. The number of amides is 2. The van der Waals surface area contributed by atoms with Crippen molar-refractivity contribution in [3.05, 3.63) is 95.6 Å². The van der Waals surface area contributed by atoms with Gasteiger partial charge in [-0.05, 0) is 48.2 Å². The molecule has 0 aromatic heterocycles. The molecule has 3 saturated heterocycles. The number of aliphatic hydroxyl groups excluding tert-OH is 1. The molecule has 3 N–H and O–H groups in total. The van der Waals surface area contributed by atoms with E-state index in [9.17, 15) is 14.7 Å². The van der Waals surface area contributed by atoms with E-state index in [0.717, 1.165) is 29.9 Å². The molecule has 0 unspecified atom stereocenters. The number of carbonyl (C=O) groups excluding carboxylic acids is 2. The molecule has 6 rings (SSSR count). The number of aliphatic hydroxyl groups is 1. The number of para-hydroxylation sites is 1. The number of alkyl halides is 3. The lowest BCUT2D eigenvalue weighted by atomic mass is 9.85. The lowest BCUT2D eigenvalue weighted by molar-refractivity contribution is -0.253. The Morgan fingerprint density at radius 1 is 0.978 bits per heavy atom. The number of hydrogen-bond acceptors (Lipinski definition) is 7. The molecule has 0 aliphatic carbocycles. The second-order valence-electron chi connectivity index (χ2n) is 11.7. The topological polar surface area (TPSA) is 103 Å². The van der Waals surface area contributed by atoms with Crippen molar-refractivity contribution in [2.24, 2.45) is 0 Å². The van der Waals surface area contributed by atoms with Gasteiger partial charge in [0.15, 0.2) is 6.29 Å². The number of anilines is 2. The third-order valence-electron chi connectivity index (χ3n) is 8.84. The van der Waals surface area contributed by atoms with Crippen LogP contribution in [0.4, 0.5) is 11.4 Å². The molecule has 3 atom stereocenters. The predicted octanol–water partition coefficient (Wildman–Crippen LogP) is 5.46. The maximum Gasteiger partial charge on any atom is 0.276 e. The number of rotatable bonds is 7. The van der Waals surface area contributed by atoms with Crippen LogP contribution in [0, 0.1) is 0 Å². The molecule has 3 aromatic rings. The molecule has 3 aromatic carbocycles. The van der Waals surface area contributed by atoms with Crippen LogP contribution in [0.2, 0.25) is 0 Å². The van der Waals surface area contributed by atoms with E-state index >= 15 is 0 Å². The van der Waals surface area contributed by atoms with Crippen molar-refractivity contribution in [1.82, 2.24) is 10.2 Å². The van der Waals surface area contributed by atoms with E-state index in [2.05, 4.69) is 32.6 Å². The molecular weight excluding hydrogens is 639 g/mol. The largest absolute Gasteiger partial charge is 0.392 e. The van der Waals surface area contributed by atoms with Gasteiger partial charge in [-0.15, -0.1) is 0 Å². The number of likely N-dealkylation sites (tertiary alicyclic amines) is 1. The smallest absolute Gasteiger partial charge is 0.276 e. The highest BCUT2D eigenvalue weighted by Gasteiger charge is 2.50. The second kappa shape index (κ2) is 13.5. The molecule has 3 heterocycles. The molecule has 3 aliphatic heterocycles. The van der Waals surface area contributed by atoms with Crippen molar-refractivity contribution in [2.45, 2.75) is 53.7 Å². The van der Waals surface area contributed by atoms with Crippen LogP contribution in [0.25, 0.3) is 0 Å². The van der Waals surface area contributed by atoms with Crippen LogP contribution < -0.4 is 15.5 Å². The third-order valence-corrected chi connectivity index (χ3v) is 9.35. The van der Waals surface area contributed by atoms with Crippen LogP contribution in [0.5, 0.6) is 0 Å². The minimum absolute atomic E-state index is 0.0386. The molecule has 0 radical (unpaired) electrons. The first-order chi connectivity index (χ1) is 21.6. The molecule has 0 saturated carbocycles. The Labute approximate surface area is 277 Å². The summed E-state index contributed by atoms with van der Waals surface area (Å²) in [5, 5.41) is 15.2. The van der Waals surface area contributed by atoms with Crippen molar-refractivity contribution < 1.29 is 24.2 Å². The van der Waals surface area contributed by atoms with Gasteiger partial charge < -0.3 is 35.0 Å². The zero-order valence-corrected chi connectivity index (χ0v) is 26.8. The predicted molar refractivity (Wildman–Crippen MR) is 174 cm³/mol. The van der Waals surface area contributed by atoms with Gasteiger partial charge in [0, 0.05) is 43.0 Å². The standard InChI is InChI=1S/C33H35Cl3N4O5/c34-33(35,36)31(43)38-25-6-4-5-24(17-25)29-44-27(18-28(45-29)23-11-9-22(20-41)10-12-23)19-39-15-13-32(14-16-39)30(42)37-21-40(32)26-7-2-1-3-8-26/h1-12,17,27-29,41H,13-16,18-21H2,(H,37,42)(H,38,43)/t27-,28+,29+/m1/s1. The molecule has 238 valence electrons. The Morgan fingerprint density at radius 3 is 2.40 bits per heavy atom. The van der Waals surface area contributed by atoms with Gasteiger partial charge in [0.1, 0.15) is 5.54 Å². The Kier molecular flexibility index (Phi) is 9.59. The number of carbonyl (C=O) groups is 2. The van der Waals surface area contributed by atoms with Crippen molar-refractivity contribution in [3.63, 3.8) is 0 Å². The monoisotopic (exact) mass is 672 g/mol. The summed E-state index contributed by atoms with van der Waals surface area (Å²) in [7, 11) is 0. The van der Waals surface area contributed by atoms with Crippen molar-refractivity contribution in [2.75, 3.05) is 36.5 Å². The Balaban J connectivity index is 1.18. The highest BCUT2D eigenvalue weighted by atomic mass is 35.6. The first-order valence-electron chi connectivity index (χ1n) is 15.0. The number of piperidine rings is 1. The van der Waals surface area contributed by atoms with Gasteiger partial charge in [0.25, 0.3) is 9.70 Å². The molecule has 12 heteroatoms. The summed E-state index contributed by atoms with van der Waals surface area (Å²) in [6.45, 7) is 2.62. The summed E-state index contributed by atoms with van der Waals surface area (Å²) in [6.07, 6.45) is 0.862. The summed E-state index contributed by atoms with van der Waals surface area (Å²) in [4.78, 5) is 30.0. The van der Waals surface area contributed by atoms with Gasteiger partial charge in [-0.2, -0.15) is 0 Å². The molecule has 1 spiro atoms. The minimum Gasteiger partial charge on any atom is -0.392 e. The highest BCUT2D eigenvalue weighted by Crippen LogP contribution is 2.40. The Bertz CT molecular complexity index is 1500. The summed E-state index contributed by atoms with van der Waals surface area (Å²) in [5.41, 5.74) is 3.43. The average Bonchev–Trinajstić information content (AvgIpc) is 3.36. The normalized spacial score (nSPS) is 23.6. The lowest BCUT2D eigenvalue weighted by Crippen LogP contribution is -2.57. The summed E-state index contributed by atoms with van der Waals surface area (Å²) < 4.78 is 10.9. The summed E-state index contributed by atoms with van der Waals surface area (Å²) in [5.74, 6) is -0.680. The molecule has 45 heavy (non-hydrogen) atoms. The van der Waals surface area contributed by atoms with Gasteiger partial charge in [-0.25, -0.2) is 0 Å². The van der Waals surface area contributed by atoms with Crippen molar-refractivity contribution >= 4 is 58.0 Å². The number of hydrogen-bond donors (Lipinski definition) is 3. The van der Waals surface area contributed by atoms with E-state index in [1.54, 1.807) is 18.2 Å². The van der Waals surface area contributed by atoms with Crippen LogP contribution in [0.3, 0.4) is 0 Å². The number of nitrogens with zero attached hydrogens (tertiary/aromatic N) is 2. The summed E-state index contributed by atoms with van der Waals surface area (Å²) in [6, 6.07) is 24.9. The lowest BCUT2D eigenvalue weighted by Gasteiger charge is -2.45. The highest BCUT2D eigenvalue weighted by molar-refractivity contribution is 6.76. The van der Waals surface area contributed by atoms with Crippen LogP contribution in [0.15, 0.2) is 78.9 Å². The maximum atomic E-state index is 13.1. The SMILES string of the molecule is O=C(Nc1cccc([C@H]2O[C@@H](CN3CCC4(CC3)C(=O)NCN4c3ccccc3)C[C@@H](c3ccc(CO)cc3)O2)c1)C(Cl)(Cl)Cl. The van der Waals surface area contributed by atoms with Crippen molar-refractivity contribution in [3.8, 4) is 0 Å². The van der Waals surface area contributed by atoms with E-state index in [4.69, 9.17) is 44.3 Å². The number of nitrogens with one attached hydrogen (secondary N) is 2. The van der Waals surface area contributed by atoms with Gasteiger partial charge in [0.05, 0.1) is 25.5 Å². The number of halogens is 3. The third kappa shape index (κ3) is 7.10. The zero-order chi connectivity index (χ0) is 31.6. The Morgan fingerprint density at radius 2 is 1.71 bits per heavy atom. The Hall–Kier alpha value is -2.89. The summed E-state index contributed by atoms with van der Waals surface area (Å²) >= 11 is 17.3. The maximum absolute atomic E-state index is 13.1. The number of ether oxygens (including phenoxy) is 2. The molecule has 2 amide bonds. The fraction of sp³-hybridized carbons (Fsp3) is 0.394. The molecule has 3 aliphatic rings. The van der Waals surface area contributed by atoms with Gasteiger partial charge in [0.2, 0.25) is 5.91 Å². The van der Waals surface area contributed by atoms with E-state index < -0.39 is 21.5 Å². The molecular formula is C33H35Cl3N4O5. The van der Waals surface area contributed by atoms with Crippen LogP contribution in [0.1, 0.15) is 48.3 Å². The van der Waals surface area contributed by atoms with E-state index in [1.165, 1.54) is 0 Å². The van der Waals surface area contributed by atoms with Gasteiger partial charge in [-0.1, -0.05) is 89.4 Å². The van der Waals surface area contributed by atoms with Gasteiger partial charge >= 0.3 is 0 Å². The zero-order valence-electron chi connectivity index (χ0n) is 24.5.